The highest BCUT2D eigenvalue weighted by Gasteiger charge is 2.13. The van der Waals surface area contributed by atoms with Crippen molar-refractivity contribution in [3.63, 3.8) is 0 Å². The van der Waals surface area contributed by atoms with E-state index in [1.54, 1.807) is 24.3 Å². The highest BCUT2D eigenvalue weighted by molar-refractivity contribution is 6.18. The topological polar surface area (TPSA) is 106 Å². The van der Waals surface area contributed by atoms with Crippen LogP contribution in [0.3, 0.4) is 0 Å². The fourth-order valence-electron chi connectivity index (χ4n) is 2.86. The Morgan fingerprint density at radius 2 is 1.09 bits per heavy atom. The Morgan fingerprint density at radius 1 is 0.682 bits per heavy atom. The quantitative estimate of drug-likeness (QED) is 0.455. The van der Waals surface area contributed by atoms with Crippen molar-refractivity contribution in [2.75, 3.05) is 0 Å². The zero-order chi connectivity index (χ0) is 15.4. The van der Waals surface area contributed by atoms with Crippen LogP contribution in [0.15, 0.2) is 36.4 Å². The van der Waals surface area contributed by atoms with Gasteiger partial charge >= 0.3 is 11.9 Å². The third kappa shape index (κ3) is 1.61. The number of fused-ring (bicyclic) bond motifs is 5. The van der Waals surface area contributed by atoms with Gasteiger partial charge in [0.05, 0.1) is 0 Å². The minimum Gasteiger partial charge on any atom is -0.477 e. The van der Waals surface area contributed by atoms with Crippen molar-refractivity contribution in [2.24, 2.45) is 0 Å². The highest BCUT2D eigenvalue weighted by Crippen LogP contribution is 2.32. The molecule has 0 saturated heterocycles. The van der Waals surface area contributed by atoms with E-state index in [4.69, 9.17) is 10.2 Å². The van der Waals surface area contributed by atoms with Crippen molar-refractivity contribution < 1.29 is 19.8 Å². The second-order valence-electron chi connectivity index (χ2n) is 5.13. The molecule has 2 aromatic heterocycles. The average molecular weight is 294 g/mol. The van der Waals surface area contributed by atoms with Gasteiger partial charge in [-0.05, 0) is 35.0 Å². The maximum atomic E-state index is 11.1. The van der Waals surface area contributed by atoms with Crippen LogP contribution >= 0.6 is 0 Å². The number of hydrogen-bond acceptors (Lipinski definition) is 2. The fourth-order valence-corrected chi connectivity index (χ4v) is 2.86. The number of carboxylic acids is 2. The van der Waals surface area contributed by atoms with Crippen molar-refractivity contribution in [1.82, 2.24) is 9.97 Å². The molecule has 0 fully saturated rings. The molecule has 2 heterocycles. The first-order chi connectivity index (χ1) is 10.5. The monoisotopic (exact) mass is 294 g/mol. The Morgan fingerprint density at radius 3 is 1.45 bits per heavy atom. The number of carbonyl (C=O) groups is 2. The van der Waals surface area contributed by atoms with Crippen LogP contribution in [0.5, 0.6) is 0 Å². The summed E-state index contributed by atoms with van der Waals surface area (Å²) in [6, 6.07) is 10.5. The van der Waals surface area contributed by atoms with Crippen molar-refractivity contribution in [2.45, 2.75) is 0 Å². The Kier molecular flexibility index (Phi) is 2.33. The van der Waals surface area contributed by atoms with Crippen LogP contribution in [0.4, 0.5) is 0 Å². The third-order valence-corrected chi connectivity index (χ3v) is 3.86. The summed E-state index contributed by atoms with van der Waals surface area (Å²) in [6.07, 6.45) is 0. The molecule has 0 aliphatic rings. The predicted octanol–water partition coefficient (Wildman–Crippen LogP) is 3.20. The minimum absolute atomic E-state index is 0.128. The van der Waals surface area contributed by atoms with E-state index in [2.05, 4.69) is 9.97 Å². The molecule has 2 aromatic carbocycles. The summed E-state index contributed by atoms with van der Waals surface area (Å²) in [5.41, 5.74) is 1.72. The molecule has 0 radical (unpaired) electrons. The zero-order valence-corrected chi connectivity index (χ0v) is 11.2. The lowest BCUT2D eigenvalue weighted by molar-refractivity contribution is 0.0681. The van der Waals surface area contributed by atoms with Gasteiger partial charge in [0, 0.05) is 21.8 Å². The number of nitrogens with one attached hydrogen (secondary N) is 2. The molecule has 0 aliphatic carbocycles. The smallest absolute Gasteiger partial charge is 0.352 e. The minimum atomic E-state index is -1.01. The van der Waals surface area contributed by atoms with Gasteiger partial charge in [-0.15, -0.1) is 0 Å². The number of aromatic carboxylic acids is 2. The summed E-state index contributed by atoms with van der Waals surface area (Å²) in [7, 11) is 0. The molecule has 4 rings (SSSR count). The molecular formula is C16H10N2O4. The molecule has 4 aromatic rings. The van der Waals surface area contributed by atoms with Gasteiger partial charge in [-0.25, -0.2) is 9.59 Å². The molecule has 6 heteroatoms. The van der Waals surface area contributed by atoms with Crippen LogP contribution in [-0.4, -0.2) is 32.1 Å². The van der Waals surface area contributed by atoms with Gasteiger partial charge in [0.15, 0.2) is 0 Å². The second kappa shape index (κ2) is 4.11. The first-order valence-corrected chi connectivity index (χ1v) is 6.58. The molecule has 108 valence electrons. The lowest BCUT2D eigenvalue weighted by atomic mass is 10.0. The van der Waals surface area contributed by atoms with Gasteiger partial charge in [-0.3, -0.25) is 0 Å². The zero-order valence-electron chi connectivity index (χ0n) is 11.2. The molecule has 0 amide bonds. The van der Waals surface area contributed by atoms with Gasteiger partial charge < -0.3 is 20.2 Å². The molecule has 0 atom stereocenters. The van der Waals surface area contributed by atoms with Crippen LogP contribution in [0.1, 0.15) is 21.0 Å². The van der Waals surface area contributed by atoms with E-state index in [0.29, 0.717) is 0 Å². The lowest BCUT2D eigenvalue weighted by Gasteiger charge is -2.01. The van der Waals surface area contributed by atoms with E-state index in [-0.39, 0.29) is 11.4 Å². The molecule has 0 bridgehead atoms. The molecule has 22 heavy (non-hydrogen) atoms. The van der Waals surface area contributed by atoms with E-state index < -0.39 is 11.9 Å². The van der Waals surface area contributed by atoms with Gasteiger partial charge in [-0.1, -0.05) is 12.1 Å². The van der Waals surface area contributed by atoms with Crippen LogP contribution < -0.4 is 0 Å². The molecule has 0 spiro atoms. The van der Waals surface area contributed by atoms with Crippen molar-refractivity contribution >= 4 is 44.5 Å². The second-order valence-corrected chi connectivity index (χ2v) is 5.13. The standard InChI is InChI=1S/C16H10N2O4/c19-15(20)13-5-9-7-1-3-11-10(6-14(17-11)16(21)22)8(7)2-4-12(9)18-13/h1-6,17-18H,(H,19,20)(H,21,22). The van der Waals surface area contributed by atoms with E-state index in [0.717, 1.165) is 32.6 Å². The lowest BCUT2D eigenvalue weighted by Crippen LogP contribution is -1.94. The van der Waals surface area contributed by atoms with Crippen LogP contribution in [0.25, 0.3) is 32.6 Å². The number of carboxylic acid groups (broad SMARTS) is 2. The molecular weight excluding hydrogens is 284 g/mol. The Balaban J connectivity index is 2.11. The number of benzene rings is 2. The SMILES string of the molecule is O=C(O)c1cc2c(ccc3c4cc(C(=O)O)[nH]c4ccc23)[nH]1. The van der Waals surface area contributed by atoms with Crippen LogP contribution in [0.2, 0.25) is 0 Å². The molecule has 0 saturated carbocycles. The predicted molar refractivity (Wildman–Crippen MR) is 81.6 cm³/mol. The largest absolute Gasteiger partial charge is 0.477 e. The van der Waals surface area contributed by atoms with Crippen molar-refractivity contribution in [1.29, 1.82) is 0 Å². The first kappa shape index (κ1) is 12.5. The Labute approximate surface area is 123 Å². The molecule has 0 unspecified atom stereocenters. The number of rotatable bonds is 2. The van der Waals surface area contributed by atoms with E-state index >= 15 is 0 Å². The Hall–Kier alpha value is -3.28. The van der Waals surface area contributed by atoms with Gasteiger partial charge in [0.1, 0.15) is 11.4 Å². The summed E-state index contributed by atoms with van der Waals surface area (Å²) in [5, 5.41) is 21.5. The normalized spacial score (nSPS) is 11.5. The van der Waals surface area contributed by atoms with E-state index in [1.165, 1.54) is 0 Å². The summed E-state index contributed by atoms with van der Waals surface area (Å²) in [6.45, 7) is 0. The van der Waals surface area contributed by atoms with Gasteiger partial charge in [0.2, 0.25) is 0 Å². The summed E-state index contributed by atoms with van der Waals surface area (Å²) in [5.74, 6) is -2.03. The van der Waals surface area contributed by atoms with E-state index in [1.807, 2.05) is 12.1 Å². The third-order valence-electron chi connectivity index (χ3n) is 3.86. The van der Waals surface area contributed by atoms with Crippen molar-refractivity contribution in [3.05, 3.63) is 47.8 Å². The number of aromatic nitrogens is 2. The molecule has 6 nitrogen and oxygen atoms in total. The van der Waals surface area contributed by atoms with Gasteiger partial charge in [-0.2, -0.15) is 0 Å². The first-order valence-electron chi connectivity index (χ1n) is 6.58. The summed E-state index contributed by atoms with van der Waals surface area (Å²) in [4.78, 5) is 27.9. The van der Waals surface area contributed by atoms with Crippen LogP contribution in [-0.2, 0) is 0 Å². The number of hydrogen-bond donors (Lipinski definition) is 4. The highest BCUT2D eigenvalue weighted by atomic mass is 16.4. The number of H-pyrrole nitrogens is 2. The van der Waals surface area contributed by atoms with Crippen LogP contribution in [0, 0.1) is 0 Å². The Bertz CT molecular complexity index is 1000. The van der Waals surface area contributed by atoms with Crippen molar-refractivity contribution in [3.8, 4) is 0 Å². The maximum absolute atomic E-state index is 11.1. The molecule has 4 N–H and O–H groups in total. The van der Waals surface area contributed by atoms with E-state index in [9.17, 15) is 9.59 Å². The summed E-state index contributed by atoms with van der Waals surface area (Å²) < 4.78 is 0. The average Bonchev–Trinajstić information content (AvgIpc) is 3.10. The maximum Gasteiger partial charge on any atom is 0.352 e. The fraction of sp³-hybridized carbons (Fsp3) is 0. The number of aromatic amines is 2. The van der Waals surface area contributed by atoms with Gasteiger partial charge in [0.25, 0.3) is 0 Å². The summed E-state index contributed by atoms with van der Waals surface area (Å²) >= 11 is 0. The molecule has 0 aliphatic heterocycles.